The third-order valence-electron chi connectivity index (χ3n) is 6.65. The molecule has 2 heterocycles. The van der Waals surface area contributed by atoms with Crippen molar-refractivity contribution in [3.8, 4) is 11.5 Å². The maximum absolute atomic E-state index is 13.5. The number of Topliss-reactive ketones (excluding diaryl/α,β-unsaturated/α-hetero) is 1. The van der Waals surface area contributed by atoms with E-state index in [1.54, 1.807) is 31.4 Å². The zero-order chi connectivity index (χ0) is 24.9. The molecule has 2 aliphatic heterocycles. The largest absolute Gasteiger partial charge is 0.507 e. The summed E-state index contributed by atoms with van der Waals surface area (Å²) < 4.78 is 11.2. The van der Waals surface area contributed by atoms with Crippen LogP contribution in [0.1, 0.15) is 40.8 Å². The molecule has 6 nitrogen and oxygen atoms in total. The third kappa shape index (κ3) is 3.85. The Morgan fingerprint density at radius 3 is 2.63 bits per heavy atom. The highest BCUT2D eigenvalue weighted by Crippen LogP contribution is 2.44. The summed E-state index contributed by atoms with van der Waals surface area (Å²) >= 11 is 0. The summed E-state index contributed by atoms with van der Waals surface area (Å²) in [6.45, 7) is 5.82. The third-order valence-corrected chi connectivity index (χ3v) is 6.65. The van der Waals surface area contributed by atoms with Crippen LogP contribution >= 0.6 is 0 Å². The minimum atomic E-state index is -0.811. The smallest absolute Gasteiger partial charge is 0.300 e. The fourth-order valence-electron chi connectivity index (χ4n) is 4.91. The maximum Gasteiger partial charge on any atom is 0.300 e. The molecule has 0 bridgehead atoms. The standard InChI is InChI=1S/C29H27NO5/c1-16-8-9-17(2)23(12-16)30-26(19-6-5-7-22(15-19)34-4)25(28(32)29(30)33)27(31)20-10-11-24-21(14-20)13-18(3)35-24/h5-12,14-15,18,26,31H,13H2,1-4H3/b27-25-. The van der Waals surface area contributed by atoms with E-state index in [0.29, 0.717) is 29.0 Å². The van der Waals surface area contributed by atoms with E-state index in [1.807, 2.05) is 57.2 Å². The van der Waals surface area contributed by atoms with Gasteiger partial charge in [-0.15, -0.1) is 0 Å². The molecule has 35 heavy (non-hydrogen) atoms. The van der Waals surface area contributed by atoms with E-state index in [0.717, 1.165) is 22.4 Å². The summed E-state index contributed by atoms with van der Waals surface area (Å²) in [5.74, 6) is -0.231. The summed E-state index contributed by atoms with van der Waals surface area (Å²) in [5, 5.41) is 11.5. The van der Waals surface area contributed by atoms with Crippen LogP contribution in [0.4, 0.5) is 5.69 Å². The van der Waals surface area contributed by atoms with Crippen LogP contribution < -0.4 is 14.4 Å². The average molecular weight is 470 g/mol. The maximum atomic E-state index is 13.5. The Labute approximate surface area is 204 Å². The minimum Gasteiger partial charge on any atom is -0.507 e. The van der Waals surface area contributed by atoms with Crippen LogP contribution in [-0.2, 0) is 16.0 Å². The van der Waals surface area contributed by atoms with E-state index in [2.05, 4.69) is 0 Å². The van der Waals surface area contributed by atoms with Gasteiger partial charge in [0.1, 0.15) is 23.4 Å². The van der Waals surface area contributed by atoms with E-state index in [-0.39, 0.29) is 17.4 Å². The van der Waals surface area contributed by atoms with Crippen LogP contribution in [-0.4, -0.2) is 30.0 Å². The number of amides is 1. The second kappa shape index (κ2) is 8.62. The van der Waals surface area contributed by atoms with E-state index in [9.17, 15) is 14.7 Å². The van der Waals surface area contributed by atoms with Gasteiger partial charge in [-0.1, -0.05) is 24.3 Å². The fraction of sp³-hybridized carbons (Fsp3) is 0.241. The zero-order valence-corrected chi connectivity index (χ0v) is 20.2. The molecule has 1 fully saturated rings. The number of benzene rings is 3. The van der Waals surface area contributed by atoms with Crippen LogP contribution in [0, 0.1) is 13.8 Å². The fourth-order valence-corrected chi connectivity index (χ4v) is 4.91. The highest BCUT2D eigenvalue weighted by atomic mass is 16.5. The number of hydrogen-bond donors (Lipinski definition) is 1. The van der Waals surface area contributed by atoms with E-state index in [1.165, 1.54) is 4.90 Å². The number of aryl methyl sites for hydroxylation is 2. The second-order valence-electron chi connectivity index (χ2n) is 9.19. The van der Waals surface area contributed by atoms with E-state index >= 15 is 0 Å². The number of hydrogen-bond acceptors (Lipinski definition) is 5. The summed E-state index contributed by atoms with van der Waals surface area (Å²) in [6, 6.07) is 17.6. The van der Waals surface area contributed by atoms with Crippen molar-refractivity contribution < 1.29 is 24.2 Å². The molecule has 2 aliphatic rings. The number of carbonyl (C=O) groups excluding carboxylic acids is 2. The molecule has 3 aromatic rings. The molecule has 0 spiro atoms. The van der Waals surface area contributed by atoms with Crippen molar-refractivity contribution in [3.05, 3.63) is 94.1 Å². The van der Waals surface area contributed by atoms with E-state index in [4.69, 9.17) is 9.47 Å². The highest BCUT2D eigenvalue weighted by molar-refractivity contribution is 6.51. The Balaban J connectivity index is 1.73. The summed E-state index contributed by atoms with van der Waals surface area (Å²) in [4.78, 5) is 28.4. The van der Waals surface area contributed by atoms with Crippen molar-refractivity contribution in [1.82, 2.24) is 0 Å². The van der Waals surface area contributed by atoms with Crippen molar-refractivity contribution in [2.45, 2.75) is 39.3 Å². The molecule has 2 unspecified atom stereocenters. The molecule has 6 heteroatoms. The van der Waals surface area contributed by atoms with Crippen molar-refractivity contribution >= 4 is 23.1 Å². The Hall–Kier alpha value is -4.06. The molecule has 178 valence electrons. The number of methoxy groups -OCH3 is 1. The second-order valence-corrected chi connectivity index (χ2v) is 9.19. The normalized spacial score (nSPS) is 20.6. The van der Waals surface area contributed by atoms with Gasteiger partial charge in [0.05, 0.1) is 18.7 Å². The molecule has 3 aromatic carbocycles. The average Bonchev–Trinajstić information content (AvgIpc) is 3.35. The van der Waals surface area contributed by atoms with Gasteiger partial charge < -0.3 is 14.6 Å². The number of ketones is 1. The van der Waals surface area contributed by atoms with Gasteiger partial charge in [-0.2, -0.15) is 0 Å². The number of rotatable bonds is 4. The van der Waals surface area contributed by atoms with Gasteiger partial charge in [0, 0.05) is 17.7 Å². The lowest BCUT2D eigenvalue weighted by Gasteiger charge is -2.27. The quantitative estimate of drug-likeness (QED) is 0.320. The van der Waals surface area contributed by atoms with Gasteiger partial charge >= 0.3 is 0 Å². The molecule has 2 atom stereocenters. The number of nitrogens with zero attached hydrogens (tertiary/aromatic N) is 1. The Morgan fingerprint density at radius 2 is 1.86 bits per heavy atom. The molecule has 0 saturated carbocycles. The van der Waals surface area contributed by atoms with Crippen LogP contribution in [0.3, 0.4) is 0 Å². The van der Waals surface area contributed by atoms with Crippen molar-refractivity contribution in [3.63, 3.8) is 0 Å². The molecule has 0 aromatic heterocycles. The number of aliphatic hydroxyl groups excluding tert-OH is 1. The van der Waals surface area contributed by atoms with Gasteiger partial charge in [0.2, 0.25) is 0 Å². The van der Waals surface area contributed by atoms with Crippen LogP contribution in [0.5, 0.6) is 11.5 Å². The minimum absolute atomic E-state index is 0.0501. The number of ether oxygens (including phenoxy) is 2. The van der Waals surface area contributed by atoms with Gasteiger partial charge in [-0.25, -0.2) is 0 Å². The number of fused-ring (bicyclic) bond motifs is 1. The lowest BCUT2D eigenvalue weighted by molar-refractivity contribution is -0.132. The van der Waals surface area contributed by atoms with Crippen LogP contribution in [0.15, 0.2) is 66.2 Å². The summed E-state index contributed by atoms with van der Waals surface area (Å²) in [6.07, 6.45) is 0.765. The Morgan fingerprint density at radius 1 is 1.06 bits per heavy atom. The number of anilines is 1. The molecule has 1 N–H and O–H groups in total. The lowest BCUT2D eigenvalue weighted by atomic mass is 9.94. The van der Waals surface area contributed by atoms with Crippen molar-refractivity contribution in [2.75, 3.05) is 12.0 Å². The number of carbonyl (C=O) groups is 2. The molecular formula is C29H27NO5. The van der Waals surface area contributed by atoms with E-state index < -0.39 is 17.7 Å². The van der Waals surface area contributed by atoms with Crippen LogP contribution in [0.25, 0.3) is 5.76 Å². The van der Waals surface area contributed by atoms with Gasteiger partial charge in [-0.05, 0) is 79.4 Å². The predicted molar refractivity (Wildman–Crippen MR) is 134 cm³/mol. The van der Waals surface area contributed by atoms with Gasteiger partial charge in [-0.3, -0.25) is 14.5 Å². The highest BCUT2D eigenvalue weighted by Gasteiger charge is 2.47. The molecule has 1 amide bonds. The predicted octanol–water partition coefficient (Wildman–Crippen LogP) is 5.26. The van der Waals surface area contributed by atoms with Gasteiger partial charge in [0.25, 0.3) is 11.7 Å². The first-order valence-electron chi connectivity index (χ1n) is 11.6. The van der Waals surface area contributed by atoms with Crippen molar-refractivity contribution in [1.29, 1.82) is 0 Å². The summed E-state index contributed by atoms with van der Waals surface area (Å²) in [5.41, 5.74) is 4.62. The zero-order valence-electron chi connectivity index (χ0n) is 20.2. The Kier molecular flexibility index (Phi) is 5.59. The first-order chi connectivity index (χ1) is 16.8. The number of aliphatic hydroxyl groups is 1. The monoisotopic (exact) mass is 469 g/mol. The van der Waals surface area contributed by atoms with Crippen LogP contribution in [0.2, 0.25) is 0 Å². The molecule has 0 aliphatic carbocycles. The molecular weight excluding hydrogens is 442 g/mol. The summed E-state index contributed by atoms with van der Waals surface area (Å²) in [7, 11) is 1.56. The van der Waals surface area contributed by atoms with Crippen molar-refractivity contribution in [2.24, 2.45) is 0 Å². The molecule has 0 radical (unpaired) electrons. The SMILES string of the molecule is COc1cccc(C2/C(=C(/O)c3ccc4c(c3)CC(C)O4)C(=O)C(=O)N2c2cc(C)ccc2C)c1. The topological polar surface area (TPSA) is 76.1 Å². The Bertz CT molecular complexity index is 1390. The molecule has 1 saturated heterocycles. The first kappa shape index (κ1) is 22.7. The lowest BCUT2D eigenvalue weighted by Crippen LogP contribution is -2.30. The molecule has 5 rings (SSSR count). The first-order valence-corrected chi connectivity index (χ1v) is 11.6. The van der Waals surface area contributed by atoms with Gasteiger partial charge in [0.15, 0.2) is 0 Å².